The fourth-order valence-corrected chi connectivity index (χ4v) is 1.23. The maximum atomic E-state index is 12.7. The van der Waals surface area contributed by atoms with Crippen LogP contribution in [0, 0.1) is 5.95 Å². The van der Waals surface area contributed by atoms with E-state index in [1.807, 2.05) is 6.92 Å². The lowest BCUT2D eigenvalue weighted by molar-refractivity contribution is 0.0315. The summed E-state index contributed by atoms with van der Waals surface area (Å²) in [7, 11) is 0. The summed E-state index contributed by atoms with van der Waals surface area (Å²) < 4.78 is 17.8. The van der Waals surface area contributed by atoms with Gasteiger partial charge in [0, 0.05) is 0 Å². The van der Waals surface area contributed by atoms with Gasteiger partial charge in [-0.2, -0.15) is 4.39 Å². The van der Waals surface area contributed by atoms with E-state index in [4.69, 9.17) is 4.74 Å². The summed E-state index contributed by atoms with van der Waals surface area (Å²) in [5.74, 6) is -1.25. The number of ether oxygens (including phenoxy) is 1. The second-order valence-electron chi connectivity index (χ2n) is 3.35. The van der Waals surface area contributed by atoms with Gasteiger partial charge in [-0.05, 0) is 25.5 Å². The topological polar surface area (TPSA) is 39.2 Å². The molecule has 0 amide bonds. The van der Waals surface area contributed by atoms with E-state index >= 15 is 0 Å². The van der Waals surface area contributed by atoms with Crippen molar-refractivity contribution < 1.29 is 13.9 Å². The molecule has 0 aromatic carbocycles. The van der Waals surface area contributed by atoms with Crippen LogP contribution in [0.1, 0.15) is 37.2 Å². The zero-order valence-corrected chi connectivity index (χ0v) is 8.87. The van der Waals surface area contributed by atoms with E-state index in [1.54, 1.807) is 6.92 Å². The van der Waals surface area contributed by atoms with E-state index in [2.05, 4.69) is 4.98 Å². The summed E-state index contributed by atoms with van der Waals surface area (Å²) in [6, 6.07) is 4.06. The second-order valence-corrected chi connectivity index (χ2v) is 3.35. The lowest BCUT2D eigenvalue weighted by Gasteiger charge is -2.11. The number of halogens is 1. The molecular formula is C11H14FNO2. The molecule has 4 heteroatoms. The molecule has 1 aromatic heterocycles. The van der Waals surface area contributed by atoms with Crippen molar-refractivity contribution in [1.29, 1.82) is 0 Å². The third-order valence-electron chi connectivity index (χ3n) is 1.93. The Kier molecular flexibility index (Phi) is 4.21. The number of esters is 1. The molecule has 1 aromatic rings. The minimum atomic E-state index is -0.674. The molecule has 0 saturated carbocycles. The van der Waals surface area contributed by atoms with Gasteiger partial charge in [-0.25, -0.2) is 9.78 Å². The molecule has 0 saturated heterocycles. The van der Waals surface area contributed by atoms with E-state index < -0.39 is 11.9 Å². The maximum Gasteiger partial charge on any atom is 0.357 e. The number of rotatable bonds is 4. The van der Waals surface area contributed by atoms with Crippen LogP contribution in [-0.4, -0.2) is 17.1 Å². The molecule has 0 aliphatic heterocycles. The lowest BCUT2D eigenvalue weighted by Crippen LogP contribution is -2.16. The Balaban J connectivity index is 2.61. The number of hydrogen-bond acceptors (Lipinski definition) is 3. The van der Waals surface area contributed by atoms with Gasteiger partial charge in [0.1, 0.15) is 0 Å². The number of aromatic nitrogens is 1. The Morgan fingerprint density at radius 3 is 2.93 bits per heavy atom. The molecule has 0 N–H and O–H groups in total. The van der Waals surface area contributed by atoms with Gasteiger partial charge in [-0.1, -0.05) is 19.4 Å². The van der Waals surface area contributed by atoms with Crippen molar-refractivity contribution in [1.82, 2.24) is 4.98 Å². The SMILES string of the molecule is CCCC(C)OC(=O)c1cccc(F)n1. The number of pyridine rings is 1. The quantitative estimate of drug-likeness (QED) is 0.567. The Labute approximate surface area is 88.3 Å². The second kappa shape index (κ2) is 5.44. The Hall–Kier alpha value is -1.45. The van der Waals surface area contributed by atoms with Crippen molar-refractivity contribution in [3.8, 4) is 0 Å². The smallest absolute Gasteiger partial charge is 0.357 e. The highest BCUT2D eigenvalue weighted by Crippen LogP contribution is 2.06. The van der Waals surface area contributed by atoms with E-state index in [-0.39, 0.29) is 11.8 Å². The standard InChI is InChI=1S/C11H14FNO2/c1-3-5-8(2)15-11(14)9-6-4-7-10(12)13-9/h4,6-8H,3,5H2,1-2H3. The summed E-state index contributed by atoms with van der Waals surface area (Å²) in [5.41, 5.74) is 0.0120. The van der Waals surface area contributed by atoms with Crippen LogP contribution in [0.25, 0.3) is 0 Å². The number of nitrogens with zero attached hydrogens (tertiary/aromatic N) is 1. The molecule has 0 aliphatic carbocycles. The van der Waals surface area contributed by atoms with Crippen molar-refractivity contribution in [2.24, 2.45) is 0 Å². The highest BCUT2D eigenvalue weighted by Gasteiger charge is 2.12. The van der Waals surface area contributed by atoms with Crippen LogP contribution in [0.5, 0.6) is 0 Å². The summed E-state index contributed by atoms with van der Waals surface area (Å²) in [6.45, 7) is 3.81. The highest BCUT2D eigenvalue weighted by atomic mass is 19.1. The van der Waals surface area contributed by atoms with Crippen molar-refractivity contribution in [2.45, 2.75) is 32.8 Å². The first-order chi connectivity index (χ1) is 7.13. The van der Waals surface area contributed by atoms with Crippen molar-refractivity contribution in [3.05, 3.63) is 29.8 Å². The van der Waals surface area contributed by atoms with Gasteiger partial charge in [0.25, 0.3) is 0 Å². The van der Waals surface area contributed by atoms with Crippen molar-refractivity contribution in [3.63, 3.8) is 0 Å². The molecule has 15 heavy (non-hydrogen) atoms. The Bertz CT molecular complexity index is 341. The zero-order valence-electron chi connectivity index (χ0n) is 8.87. The normalized spacial score (nSPS) is 12.2. The predicted octanol–water partition coefficient (Wildman–Crippen LogP) is 2.57. The maximum absolute atomic E-state index is 12.7. The van der Waals surface area contributed by atoms with E-state index in [0.717, 1.165) is 12.8 Å². The van der Waals surface area contributed by atoms with Gasteiger partial charge < -0.3 is 4.74 Å². The molecule has 0 spiro atoms. The molecule has 1 atom stereocenters. The average Bonchev–Trinajstić information content (AvgIpc) is 2.18. The van der Waals surface area contributed by atoms with Crippen LogP contribution < -0.4 is 0 Å². The minimum absolute atomic E-state index is 0.0120. The van der Waals surface area contributed by atoms with Crippen LogP contribution in [0.3, 0.4) is 0 Å². The lowest BCUT2D eigenvalue weighted by atomic mass is 10.2. The fourth-order valence-electron chi connectivity index (χ4n) is 1.23. The average molecular weight is 211 g/mol. The number of carbonyl (C=O) groups excluding carboxylic acids is 1. The summed E-state index contributed by atoms with van der Waals surface area (Å²) in [5, 5.41) is 0. The summed E-state index contributed by atoms with van der Waals surface area (Å²) in [6.07, 6.45) is 1.57. The highest BCUT2D eigenvalue weighted by molar-refractivity contribution is 5.87. The summed E-state index contributed by atoms with van der Waals surface area (Å²) >= 11 is 0. The Morgan fingerprint density at radius 2 is 2.33 bits per heavy atom. The van der Waals surface area contributed by atoms with Gasteiger partial charge in [0.15, 0.2) is 5.69 Å². The third-order valence-corrected chi connectivity index (χ3v) is 1.93. The predicted molar refractivity (Wildman–Crippen MR) is 54.0 cm³/mol. The van der Waals surface area contributed by atoms with Crippen LogP contribution >= 0.6 is 0 Å². The van der Waals surface area contributed by atoms with Crippen molar-refractivity contribution in [2.75, 3.05) is 0 Å². The fraction of sp³-hybridized carbons (Fsp3) is 0.455. The molecule has 0 aliphatic rings. The first kappa shape index (κ1) is 11.6. The largest absolute Gasteiger partial charge is 0.458 e. The molecule has 0 bridgehead atoms. The van der Waals surface area contributed by atoms with Crippen LogP contribution in [0.15, 0.2) is 18.2 Å². The van der Waals surface area contributed by atoms with Gasteiger partial charge in [-0.15, -0.1) is 0 Å². The van der Waals surface area contributed by atoms with Crippen LogP contribution in [0.2, 0.25) is 0 Å². The minimum Gasteiger partial charge on any atom is -0.458 e. The third kappa shape index (κ3) is 3.65. The molecule has 82 valence electrons. The van der Waals surface area contributed by atoms with Crippen LogP contribution in [-0.2, 0) is 4.74 Å². The first-order valence-electron chi connectivity index (χ1n) is 4.97. The molecule has 3 nitrogen and oxygen atoms in total. The van der Waals surface area contributed by atoms with Gasteiger partial charge >= 0.3 is 5.97 Å². The molecule has 0 radical (unpaired) electrons. The van der Waals surface area contributed by atoms with Gasteiger partial charge in [0.05, 0.1) is 6.10 Å². The molecule has 1 unspecified atom stereocenters. The Morgan fingerprint density at radius 1 is 1.60 bits per heavy atom. The van der Waals surface area contributed by atoms with Gasteiger partial charge in [-0.3, -0.25) is 0 Å². The number of carbonyl (C=O) groups is 1. The zero-order chi connectivity index (χ0) is 11.3. The molecular weight excluding hydrogens is 197 g/mol. The molecule has 1 heterocycles. The monoisotopic (exact) mass is 211 g/mol. The van der Waals surface area contributed by atoms with Gasteiger partial charge in [0.2, 0.25) is 5.95 Å². The van der Waals surface area contributed by atoms with Crippen molar-refractivity contribution >= 4 is 5.97 Å². The van der Waals surface area contributed by atoms with Crippen LogP contribution in [0.4, 0.5) is 4.39 Å². The van der Waals surface area contributed by atoms with E-state index in [1.165, 1.54) is 18.2 Å². The molecule has 0 fully saturated rings. The summed E-state index contributed by atoms with van der Waals surface area (Å²) in [4.78, 5) is 14.9. The molecule has 1 rings (SSSR count). The van der Waals surface area contributed by atoms with E-state index in [9.17, 15) is 9.18 Å². The van der Waals surface area contributed by atoms with E-state index in [0.29, 0.717) is 0 Å². The number of hydrogen-bond donors (Lipinski definition) is 0. The first-order valence-corrected chi connectivity index (χ1v) is 4.97.